The molecule has 1 aromatic rings. The molecule has 17 heavy (non-hydrogen) atoms. The Kier molecular flexibility index (Phi) is 2.72. The molecule has 0 amide bonds. The lowest BCUT2D eigenvalue weighted by Crippen LogP contribution is -2.41. The average molecular weight is 230 g/mol. The first-order chi connectivity index (χ1) is 8.24. The van der Waals surface area contributed by atoms with Crippen molar-refractivity contribution in [1.29, 1.82) is 0 Å². The van der Waals surface area contributed by atoms with E-state index in [-0.39, 0.29) is 0 Å². The molecule has 0 saturated heterocycles. The van der Waals surface area contributed by atoms with Crippen molar-refractivity contribution in [3.05, 3.63) is 35.4 Å². The van der Waals surface area contributed by atoms with Crippen LogP contribution in [0.2, 0.25) is 0 Å². The van der Waals surface area contributed by atoms with E-state index in [1.807, 2.05) is 0 Å². The van der Waals surface area contributed by atoms with Crippen LogP contribution in [0, 0.1) is 17.8 Å². The molecule has 4 unspecified atom stereocenters. The number of hydrogen-bond donors (Lipinski definition) is 2. The molecule has 2 heteroatoms. The van der Waals surface area contributed by atoms with Gasteiger partial charge >= 0.3 is 0 Å². The van der Waals surface area contributed by atoms with Gasteiger partial charge in [-0.1, -0.05) is 38.1 Å². The number of hydrazine groups is 1. The predicted octanol–water partition coefficient (Wildman–Crippen LogP) is 2.45. The van der Waals surface area contributed by atoms with Gasteiger partial charge in [-0.05, 0) is 47.6 Å². The van der Waals surface area contributed by atoms with Crippen molar-refractivity contribution in [1.82, 2.24) is 5.43 Å². The highest BCUT2D eigenvalue weighted by Crippen LogP contribution is 2.61. The molecule has 0 bridgehead atoms. The third kappa shape index (κ3) is 1.71. The highest BCUT2D eigenvalue weighted by molar-refractivity contribution is 5.40. The van der Waals surface area contributed by atoms with Crippen molar-refractivity contribution in [2.45, 2.75) is 38.6 Å². The molecule has 2 aliphatic carbocycles. The van der Waals surface area contributed by atoms with Gasteiger partial charge in [-0.15, -0.1) is 0 Å². The molecule has 92 valence electrons. The molecule has 1 fully saturated rings. The molecular weight excluding hydrogens is 208 g/mol. The molecule has 3 rings (SSSR count). The number of nitrogens with two attached hydrogens (primary N) is 1. The van der Waals surface area contributed by atoms with E-state index in [1.54, 1.807) is 11.1 Å². The summed E-state index contributed by atoms with van der Waals surface area (Å²) in [6.45, 7) is 4.53. The minimum absolute atomic E-state index is 0.469. The Morgan fingerprint density at radius 1 is 1.29 bits per heavy atom. The summed E-state index contributed by atoms with van der Waals surface area (Å²) in [5.41, 5.74) is 6.21. The van der Waals surface area contributed by atoms with Crippen molar-refractivity contribution in [2.75, 3.05) is 0 Å². The second kappa shape index (κ2) is 4.11. The second-order valence-corrected chi connectivity index (χ2v) is 5.94. The zero-order chi connectivity index (χ0) is 12.0. The maximum atomic E-state index is 5.74. The molecule has 0 radical (unpaired) electrons. The van der Waals surface area contributed by atoms with Gasteiger partial charge in [-0.3, -0.25) is 11.3 Å². The number of benzene rings is 1. The number of aryl methyl sites for hydroxylation is 1. The van der Waals surface area contributed by atoms with Gasteiger partial charge in [-0.25, -0.2) is 0 Å². The fourth-order valence-electron chi connectivity index (χ4n) is 3.86. The largest absolute Gasteiger partial charge is 0.271 e. The molecule has 2 aliphatic rings. The maximum Gasteiger partial charge on any atom is 0.0270 e. The number of nitrogens with one attached hydrogen (secondary N) is 1. The summed E-state index contributed by atoms with van der Waals surface area (Å²) in [5, 5.41) is 0. The molecule has 0 aromatic heterocycles. The topological polar surface area (TPSA) is 38.0 Å². The van der Waals surface area contributed by atoms with Gasteiger partial charge in [0.15, 0.2) is 0 Å². The van der Waals surface area contributed by atoms with E-state index in [1.165, 1.54) is 12.8 Å². The van der Waals surface area contributed by atoms with Crippen LogP contribution in [0.1, 0.15) is 37.3 Å². The van der Waals surface area contributed by atoms with Crippen molar-refractivity contribution < 1.29 is 0 Å². The van der Waals surface area contributed by atoms with E-state index in [0.717, 1.165) is 17.8 Å². The number of rotatable bonds is 3. The van der Waals surface area contributed by atoms with Gasteiger partial charge in [-0.2, -0.15) is 0 Å². The molecule has 4 atom stereocenters. The molecule has 2 nitrogen and oxygen atoms in total. The summed E-state index contributed by atoms with van der Waals surface area (Å²) < 4.78 is 0. The molecule has 1 aromatic carbocycles. The van der Waals surface area contributed by atoms with Crippen LogP contribution in [-0.2, 0) is 6.42 Å². The third-order valence-corrected chi connectivity index (χ3v) is 4.72. The first kappa shape index (κ1) is 11.2. The summed E-state index contributed by atoms with van der Waals surface area (Å²) in [6.07, 6.45) is 2.60. The average Bonchev–Trinajstić information content (AvgIpc) is 3.05. The normalized spacial score (nSPS) is 31.9. The van der Waals surface area contributed by atoms with E-state index >= 15 is 0 Å². The number of fused-ring (bicyclic) bond motifs is 3. The lowest BCUT2D eigenvalue weighted by atomic mass is 9.92. The highest BCUT2D eigenvalue weighted by Gasteiger charge is 2.56. The van der Waals surface area contributed by atoms with Crippen LogP contribution in [0.4, 0.5) is 0 Å². The minimum Gasteiger partial charge on any atom is -0.271 e. The maximum absolute atomic E-state index is 5.74. The Morgan fingerprint density at radius 3 is 2.76 bits per heavy atom. The smallest absolute Gasteiger partial charge is 0.0270 e. The van der Waals surface area contributed by atoms with Gasteiger partial charge in [0.1, 0.15) is 0 Å². The van der Waals surface area contributed by atoms with Crippen LogP contribution in [0.15, 0.2) is 24.3 Å². The molecule has 0 spiro atoms. The van der Waals surface area contributed by atoms with E-state index in [2.05, 4.69) is 43.5 Å². The monoisotopic (exact) mass is 230 g/mol. The number of hydrogen-bond acceptors (Lipinski definition) is 2. The predicted molar refractivity (Wildman–Crippen MR) is 70.4 cm³/mol. The third-order valence-electron chi connectivity index (χ3n) is 4.72. The van der Waals surface area contributed by atoms with Gasteiger partial charge in [0.2, 0.25) is 0 Å². The van der Waals surface area contributed by atoms with E-state index < -0.39 is 0 Å². The van der Waals surface area contributed by atoms with Crippen LogP contribution in [0.25, 0.3) is 0 Å². The van der Waals surface area contributed by atoms with Gasteiger partial charge in [0, 0.05) is 6.04 Å². The Labute approximate surface area is 104 Å². The van der Waals surface area contributed by atoms with E-state index in [0.29, 0.717) is 12.0 Å². The molecule has 3 N–H and O–H groups in total. The van der Waals surface area contributed by atoms with Gasteiger partial charge in [0.05, 0.1) is 0 Å². The molecule has 1 saturated carbocycles. The quantitative estimate of drug-likeness (QED) is 0.618. The van der Waals surface area contributed by atoms with E-state index in [9.17, 15) is 0 Å². The zero-order valence-corrected chi connectivity index (χ0v) is 10.7. The summed E-state index contributed by atoms with van der Waals surface area (Å²) in [4.78, 5) is 0. The summed E-state index contributed by atoms with van der Waals surface area (Å²) in [5.74, 6) is 8.74. The van der Waals surface area contributed by atoms with Crippen molar-refractivity contribution >= 4 is 0 Å². The Balaban J connectivity index is 1.87. The van der Waals surface area contributed by atoms with E-state index in [4.69, 9.17) is 5.84 Å². The Morgan fingerprint density at radius 2 is 2.06 bits per heavy atom. The van der Waals surface area contributed by atoms with Crippen molar-refractivity contribution in [3.63, 3.8) is 0 Å². The van der Waals surface area contributed by atoms with Gasteiger partial charge in [0.25, 0.3) is 0 Å². The molecular formula is C15H22N2. The van der Waals surface area contributed by atoms with Crippen LogP contribution >= 0.6 is 0 Å². The summed E-state index contributed by atoms with van der Waals surface area (Å²) in [7, 11) is 0. The fraction of sp³-hybridized carbons (Fsp3) is 0.600. The first-order valence-corrected chi connectivity index (χ1v) is 6.78. The Hall–Kier alpha value is -0.860. The summed E-state index contributed by atoms with van der Waals surface area (Å²) in [6, 6.07) is 9.42. The second-order valence-electron chi connectivity index (χ2n) is 5.94. The SMILES string of the molecule is CC(C)C(NN)C1C2CCc3ccccc3C21. The minimum atomic E-state index is 0.469. The first-order valence-electron chi connectivity index (χ1n) is 6.78. The fourth-order valence-corrected chi connectivity index (χ4v) is 3.86. The van der Waals surface area contributed by atoms with Crippen LogP contribution in [0.3, 0.4) is 0 Å². The summed E-state index contributed by atoms with van der Waals surface area (Å²) >= 11 is 0. The van der Waals surface area contributed by atoms with Crippen LogP contribution in [-0.4, -0.2) is 6.04 Å². The Bertz CT molecular complexity index is 413. The van der Waals surface area contributed by atoms with Crippen LogP contribution < -0.4 is 11.3 Å². The molecule has 0 heterocycles. The standard InChI is InChI=1S/C15H22N2/c1-9(2)15(17-16)14-12-8-7-10-5-3-4-6-11(10)13(12)14/h3-6,9,12-15,17H,7-8,16H2,1-2H3. The zero-order valence-electron chi connectivity index (χ0n) is 10.7. The lowest BCUT2D eigenvalue weighted by Gasteiger charge is -2.20. The highest BCUT2D eigenvalue weighted by atomic mass is 15.2. The van der Waals surface area contributed by atoms with Crippen molar-refractivity contribution in [2.24, 2.45) is 23.6 Å². The van der Waals surface area contributed by atoms with Crippen LogP contribution in [0.5, 0.6) is 0 Å². The lowest BCUT2D eigenvalue weighted by molar-refractivity contribution is 0.348. The van der Waals surface area contributed by atoms with Crippen molar-refractivity contribution in [3.8, 4) is 0 Å². The molecule has 0 aliphatic heterocycles. The van der Waals surface area contributed by atoms with Gasteiger partial charge < -0.3 is 0 Å².